The van der Waals surface area contributed by atoms with Crippen LogP contribution in [0.15, 0.2) is 12.3 Å². The van der Waals surface area contributed by atoms with Crippen molar-refractivity contribution in [2.24, 2.45) is 0 Å². The van der Waals surface area contributed by atoms with Crippen LogP contribution in [0.5, 0.6) is 0 Å². The third kappa shape index (κ3) is 3.81. The van der Waals surface area contributed by atoms with Crippen molar-refractivity contribution in [3.8, 4) is 0 Å². The number of hydrogen-bond donors (Lipinski definition) is 1. The lowest BCUT2D eigenvalue weighted by Crippen LogP contribution is -2.24. The summed E-state index contributed by atoms with van der Waals surface area (Å²) in [5.74, 6) is -0.145. The van der Waals surface area contributed by atoms with Crippen molar-refractivity contribution >= 4 is 17.5 Å². The smallest absolute Gasteiger partial charge is 0.254 e. The van der Waals surface area contributed by atoms with Crippen molar-refractivity contribution in [2.45, 2.75) is 33.1 Å². The number of carbonyl (C=O) groups is 1. The first-order valence-electron chi connectivity index (χ1n) is 5.55. The van der Waals surface area contributed by atoms with Gasteiger partial charge < -0.3 is 5.32 Å². The number of carbonyl (C=O) groups excluding carboxylic acids is 1. The molecule has 1 amide bonds. The summed E-state index contributed by atoms with van der Waals surface area (Å²) in [6, 6.07) is 1.70. The number of halogens is 1. The van der Waals surface area contributed by atoms with Gasteiger partial charge >= 0.3 is 0 Å². The molecule has 1 aromatic heterocycles. The van der Waals surface area contributed by atoms with E-state index >= 15 is 0 Å². The third-order valence-electron chi connectivity index (χ3n) is 2.30. The fraction of sp³-hybridized carbons (Fsp3) is 0.500. The normalized spacial score (nSPS) is 10.2. The van der Waals surface area contributed by atoms with E-state index in [9.17, 15) is 4.79 Å². The van der Waals surface area contributed by atoms with E-state index in [1.165, 1.54) is 6.20 Å². The van der Waals surface area contributed by atoms with Crippen molar-refractivity contribution < 1.29 is 4.79 Å². The van der Waals surface area contributed by atoms with Crippen LogP contribution in [0.3, 0.4) is 0 Å². The molecule has 0 aliphatic heterocycles. The first-order chi connectivity index (χ1) is 7.65. The Balaban J connectivity index is 2.53. The molecule has 0 bridgehead atoms. The van der Waals surface area contributed by atoms with Gasteiger partial charge in [-0.1, -0.05) is 31.4 Å². The highest BCUT2D eigenvalue weighted by molar-refractivity contribution is 6.33. The Hall–Kier alpha value is -1.09. The quantitative estimate of drug-likeness (QED) is 0.804. The number of amides is 1. The number of nitrogens with one attached hydrogen (secondary N) is 1. The second kappa shape index (κ2) is 6.48. The molecule has 0 atom stereocenters. The summed E-state index contributed by atoms with van der Waals surface area (Å²) < 4.78 is 0. The highest BCUT2D eigenvalue weighted by atomic mass is 35.5. The van der Waals surface area contributed by atoms with Crippen LogP contribution in [0.2, 0.25) is 5.02 Å². The Kier molecular flexibility index (Phi) is 5.26. The maximum Gasteiger partial charge on any atom is 0.254 e. The summed E-state index contributed by atoms with van der Waals surface area (Å²) in [5.41, 5.74) is 1.26. The zero-order valence-corrected chi connectivity index (χ0v) is 10.5. The summed E-state index contributed by atoms with van der Waals surface area (Å²) in [6.45, 7) is 4.66. The molecule has 4 heteroatoms. The average molecular weight is 241 g/mol. The molecule has 0 spiro atoms. The molecule has 0 saturated heterocycles. The third-order valence-corrected chi connectivity index (χ3v) is 2.61. The summed E-state index contributed by atoms with van der Waals surface area (Å²) in [7, 11) is 0. The van der Waals surface area contributed by atoms with Gasteiger partial charge in [0.2, 0.25) is 0 Å². The largest absolute Gasteiger partial charge is 0.352 e. The molecule has 0 aliphatic carbocycles. The van der Waals surface area contributed by atoms with Crippen LogP contribution in [0, 0.1) is 6.92 Å². The molecule has 0 unspecified atom stereocenters. The summed E-state index contributed by atoms with van der Waals surface area (Å²) >= 11 is 5.96. The van der Waals surface area contributed by atoms with Crippen LogP contribution in [0.1, 0.15) is 42.2 Å². The first kappa shape index (κ1) is 13.0. The van der Waals surface area contributed by atoms with E-state index in [-0.39, 0.29) is 5.91 Å². The Morgan fingerprint density at radius 1 is 1.50 bits per heavy atom. The minimum absolute atomic E-state index is 0.145. The van der Waals surface area contributed by atoms with Crippen molar-refractivity contribution in [3.05, 3.63) is 28.5 Å². The predicted octanol–water partition coefficient (Wildman–Crippen LogP) is 2.96. The number of aryl methyl sites for hydroxylation is 1. The number of nitrogens with zero attached hydrogens (tertiary/aromatic N) is 1. The van der Waals surface area contributed by atoms with E-state index in [1.807, 2.05) is 6.92 Å². The Morgan fingerprint density at radius 3 is 2.88 bits per heavy atom. The van der Waals surface area contributed by atoms with E-state index < -0.39 is 0 Å². The lowest BCUT2D eigenvalue weighted by Gasteiger charge is -2.06. The minimum atomic E-state index is -0.145. The van der Waals surface area contributed by atoms with Gasteiger partial charge in [-0.15, -0.1) is 0 Å². The number of hydrogen-bond acceptors (Lipinski definition) is 2. The van der Waals surface area contributed by atoms with Crippen LogP contribution in [0.4, 0.5) is 0 Å². The van der Waals surface area contributed by atoms with Gasteiger partial charge in [0.05, 0.1) is 10.6 Å². The Labute approximate surface area is 101 Å². The van der Waals surface area contributed by atoms with Gasteiger partial charge in [-0.2, -0.15) is 0 Å². The second-order valence-electron chi connectivity index (χ2n) is 3.77. The van der Waals surface area contributed by atoms with Crippen molar-refractivity contribution in [3.63, 3.8) is 0 Å². The zero-order valence-electron chi connectivity index (χ0n) is 9.72. The number of pyridine rings is 1. The maximum absolute atomic E-state index is 11.7. The average Bonchev–Trinajstić information content (AvgIpc) is 2.24. The number of rotatable bonds is 5. The zero-order chi connectivity index (χ0) is 12.0. The van der Waals surface area contributed by atoms with Gasteiger partial charge in [-0.3, -0.25) is 9.78 Å². The molecule has 3 nitrogen and oxygen atoms in total. The van der Waals surface area contributed by atoms with Gasteiger partial charge in [0, 0.05) is 18.4 Å². The Bertz CT molecular complexity index is 366. The SMILES string of the molecule is CCCCCNC(=O)c1cnc(C)cc1Cl. The first-order valence-corrected chi connectivity index (χ1v) is 5.93. The minimum Gasteiger partial charge on any atom is -0.352 e. The lowest BCUT2D eigenvalue weighted by atomic mass is 10.2. The molecule has 0 radical (unpaired) electrons. The molecule has 16 heavy (non-hydrogen) atoms. The maximum atomic E-state index is 11.7. The van der Waals surface area contributed by atoms with Crippen molar-refractivity contribution in [2.75, 3.05) is 6.54 Å². The van der Waals surface area contributed by atoms with Crippen molar-refractivity contribution in [1.82, 2.24) is 10.3 Å². The van der Waals surface area contributed by atoms with E-state index in [4.69, 9.17) is 11.6 Å². The van der Waals surface area contributed by atoms with Gasteiger partial charge in [0.1, 0.15) is 0 Å². The molecule has 0 aliphatic rings. The van der Waals surface area contributed by atoms with Crippen molar-refractivity contribution in [1.29, 1.82) is 0 Å². The number of unbranched alkanes of at least 4 members (excludes halogenated alkanes) is 2. The predicted molar refractivity (Wildman–Crippen MR) is 65.8 cm³/mol. The molecular formula is C12H17ClN2O. The van der Waals surface area contributed by atoms with Crippen LogP contribution < -0.4 is 5.32 Å². The van der Waals surface area contributed by atoms with Gasteiger partial charge in [-0.25, -0.2) is 0 Å². The molecule has 0 fully saturated rings. The molecule has 0 saturated carbocycles. The monoisotopic (exact) mass is 240 g/mol. The highest BCUT2D eigenvalue weighted by Gasteiger charge is 2.09. The highest BCUT2D eigenvalue weighted by Crippen LogP contribution is 2.15. The molecule has 1 rings (SSSR count). The number of aromatic nitrogens is 1. The molecule has 88 valence electrons. The standard InChI is InChI=1S/C12H17ClN2O/c1-3-4-5-6-14-12(16)10-8-15-9(2)7-11(10)13/h7-8H,3-6H2,1-2H3,(H,14,16). The molecule has 0 aromatic carbocycles. The summed E-state index contributed by atoms with van der Waals surface area (Å²) in [6.07, 6.45) is 4.79. The van der Waals surface area contributed by atoms with Crippen LogP contribution in [0.25, 0.3) is 0 Å². The van der Waals surface area contributed by atoms with Crippen LogP contribution >= 0.6 is 11.6 Å². The van der Waals surface area contributed by atoms with Gasteiger partial charge in [0.15, 0.2) is 0 Å². The Morgan fingerprint density at radius 2 is 2.25 bits per heavy atom. The summed E-state index contributed by atoms with van der Waals surface area (Å²) in [5, 5.41) is 3.29. The fourth-order valence-corrected chi connectivity index (χ4v) is 1.66. The van der Waals surface area contributed by atoms with Gasteiger partial charge in [0.25, 0.3) is 5.91 Å². The lowest BCUT2D eigenvalue weighted by molar-refractivity contribution is 0.0953. The van der Waals surface area contributed by atoms with E-state index in [2.05, 4.69) is 17.2 Å². The van der Waals surface area contributed by atoms with E-state index in [0.717, 1.165) is 25.0 Å². The van der Waals surface area contributed by atoms with Crippen LogP contribution in [-0.4, -0.2) is 17.4 Å². The van der Waals surface area contributed by atoms with E-state index in [0.29, 0.717) is 17.1 Å². The van der Waals surface area contributed by atoms with Crippen LogP contribution in [-0.2, 0) is 0 Å². The molecule has 1 N–H and O–H groups in total. The topological polar surface area (TPSA) is 42.0 Å². The second-order valence-corrected chi connectivity index (χ2v) is 4.18. The summed E-state index contributed by atoms with van der Waals surface area (Å²) in [4.78, 5) is 15.8. The van der Waals surface area contributed by atoms with E-state index in [1.54, 1.807) is 6.07 Å². The molecule has 1 aromatic rings. The van der Waals surface area contributed by atoms with Gasteiger partial charge in [-0.05, 0) is 19.4 Å². The molecular weight excluding hydrogens is 224 g/mol. The fourth-order valence-electron chi connectivity index (χ4n) is 1.37. The molecule has 1 heterocycles.